The maximum Gasteiger partial charge on any atom is 0.223 e. The van der Waals surface area contributed by atoms with Crippen molar-refractivity contribution in [1.29, 1.82) is 0 Å². The Hall–Kier alpha value is -2.27. The van der Waals surface area contributed by atoms with Gasteiger partial charge in [0.05, 0.1) is 24.5 Å². The monoisotopic (exact) mass is 312 g/mol. The molecule has 0 bridgehead atoms. The fourth-order valence-electron chi connectivity index (χ4n) is 2.41. The number of carbonyl (C=O) groups excluding carboxylic acids is 1. The van der Waals surface area contributed by atoms with Crippen LogP contribution >= 0.6 is 0 Å². The third-order valence-electron chi connectivity index (χ3n) is 3.55. The minimum Gasteiger partial charge on any atom is -0.331 e. The summed E-state index contributed by atoms with van der Waals surface area (Å²) in [6, 6.07) is 11.7. The van der Waals surface area contributed by atoms with Gasteiger partial charge in [-0.05, 0) is 51.1 Å². The summed E-state index contributed by atoms with van der Waals surface area (Å²) in [5.41, 5.74) is 9.20. The average Bonchev–Trinajstić information content (AvgIpc) is 2.52. The van der Waals surface area contributed by atoms with E-state index in [1.165, 1.54) is 0 Å². The van der Waals surface area contributed by atoms with E-state index in [1.807, 2.05) is 50.2 Å². The molecule has 2 N–H and O–H groups in total. The molecule has 0 saturated heterocycles. The number of hydrogen-bond donors (Lipinski definition) is 1. The molecule has 5 nitrogen and oxygen atoms in total. The molecule has 0 unspecified atom stereocenters. The van der Waals surface area contributed by atoms with Gasteiger partial charge in [-0.2, -0.15) is 0 Å². The number of aromatic nitrogens is 2. The summed E-state index contributed by atoms with van der Waals surface area (Å²) >= 11 is 0. The molecule has 0 atom stereocenters. The molecular formula is C18H24N4O. The first-order valence-corrected chi connectivity index (χ1v) is 7.91. The second-order valence-electron chi connectivity index (χ2n) is 5.68. The van der Waals surface area contributed by atoms with Gasteiger partial charge in [-0.25, -0.2) is 0 Å². The van der Waals surface area contributed by atoms with Crippen molar-refractivity contribution in [3.8, 4) is 0 Å². The van der Waals surface area contributed by atoms with Crippen LogP contribution in [0.4, 0.5) is 0 Å². The molecule has 23 heavy (non-hydrogen) atoms. The van der Waals surface area contributed by atoms with Crippen molar-refractivity contribution in [2.45, 2.75) is 39.8 Å². The Kier molecular flexibility index (Phi) is 6.23. The number of rotatable bonds is 7. The predicted molar refractivity (Wildman–Crippen MR) is 90.5 cm³/mol. The second kappa shape index (κ2) is 8.39. The van der Waals surface area contributed by atoms with E-state index < -0.39 is 0 Å². The Bertz CT molecular complexity index is 609. The average molecular weight is 312 g/mol. The molecule has 0 saturated carbocycles. The summed E-state index contributed by atoms with van der Waals surface area (Å²) in [5, 5.41) is 0. The number of amides is 1. The van der Waals surface area contributed by atoms with Gasteiger partial charge in [0.15, 0.2) is 0 Å². The normalized spacial score (nSPS) is 10.6. The minimum absolute atomic E-state index is 0.0852. The molecule has 122 valence electrons. The molecule has 0 aromatic carbocycles. The van der Waals surface area contributed by atoms with Gasteiger partial charge in [0.1, 0.15) is 0 Å². The maximum atomic E-state index is 12.5. The highest BCUT2D eigenvalue weighted by molar-refractivity contribution is 5.76. The fourth-order valence-corrected chi connectivity index (χ4v) is 2.41. The van der Waals surface area contributed by atoms with Crippen LogP contribution in [0.5, 0.6) is 0 Å². The van der Waals surface area contributed by atoms with Crippen molar-refractivity contribution in [2.75, 3.05) is 6.54 Å². The molecule has 2 aromatic heterocycles. The van der Waals surface area contributed by atoms with Gasteiger partial charge in [0, 0.05) is 17.8 Å². The van der Waals surface area contributed by atoms with Crippen LogP contribution in [0.1, 0.15) is 35.6 Å². The zero-order chi connectivity index (χ0) is 16.7. The molecule has 0 aliphatic carbocycles. The fraction of sp³-hybridized carbons (Fsp3) is 0.389. The van der Waals surface area contributed by atoms with E-state index >= 15 is 0 Å². The first kappa shape index (κ1) is 17.1. The van der Waals surface area contributed by atoms with Crippen molar-refractivity contribution in [3.63, 3.8) is 0 Å². The van der Waals surface area contributed by atoms with E-state index in [-0.39, 0.29) is 5.91 Å². The molecule has 0 aliphatic heterocycles. The predicted octanol–water partition coefficient (Wildman–Crippen LogP) is 2.36. The van der Waals surface area contributed by atoms with Gasteiger partial charge >= 0.3 is 0 Å². The molecule has 2 aromatic rings. The minimum atomic E-state index is 0.0852. The maximum absolute atomic E-state index is 12.5. The number of hydrogen-bond acceptors (Lipinski definition) is 4. The second-order valence-corrected chi connectivity index (χ2v) is 5.68. The topological polar surface area (TPSA) is 72.1 Å². The summed E-state index contributed by atoms with van der Waals surface area (Å²) in [6.45, 7) is 5.39. The van der Waals surface area contributed by atoms with Crippen molar-refractivity contribution < 1.29 is 4.79 Å². The van der Waals surface area contributed by atoms with E-state index in [9.17, 15) is 4.79 Å². The van der Waals surface area contributed by atoms with Crippen LogP contribution in [0.2, 0.25) is 0 Å². The standard InChI is InChI=1S/C18H24N4O/c1-14-6-3-8-16(20-14)12-22(18(23)10-5-11-19)13-17-9-4-7-15(2)21-17/h3-4,6-9H,5,10-13,19H2,1-2H3. The molecule has 0 spiro atoms. The Morgan fingerprint density at radius 2 is 1.52 bits per heavy atom. The van der Waals surface area contributed by atoms with Gasteiger partial charge in [-0.1, -0.05) is 12.1 Å². The number of pyridine rings is 2. The number of aryl methyl sites for hydroxylation is 2. The highest BCUT2D eigenvalue weighted by Gasteiger charge is 2.15. The molecule has 2 rings (SSSR count). The third-order valence-corrected chi connectivity index (χ3v) is 3.55. The summed E-state index contributed by atoms with van der Waals surface area (Å²) in [7, 11) is 0. The van der Waals surface area contributed by atoms with E-state index in [2.05, 4.69) is 9.97 Å². The highest BCUT2D eigenvalue weighted by Crippen LogP contribution is 2.11. The van der Waals surface area contributed by atoms with Gasteiger partial charge in [0.2, 0.25) is 5.91 Å². The lowest BCUT2D eigenvalue weighted by atomic mass is 10.2. The first-order valence-electron chi connectivity index (χ1n) is 7.91. The first-order chi connectivity index (χ1) is 11.1. The van der Waals surface area contributed by atoms with Crippen LogP contribution in [0.15, 0.2) is 36.4 Å². The Balaban J connectivity index is 2.15. The molecule has 5 heteroatoms. The molecule has 1 amide bonds. The van der Waals surface area contributed by atoms with Gasteiger partial charge in [0.25, 0.3) is 0 Å². The van der Waals surface area contributed by atoms with E-state index in [4.69, 9.17) is 5.73 Å². The lowest BCUT2D eigenvalue weighted by Gasteiger charge is -2.22. The van der Waals surface area contributed by atoms with Crippen LogP contribution in [-0.4, -0.2) is 27.3 Å². The van der Waals surface area contributed by atoms with E-state index in [1.54, 1.807) is 4.90 Å². The quantitative estimate of drug-likeness (QED) is 0.852. The largest absolute Gasteiger partial charge is 0.331 e. The van der Waals surface area contributed by atoms with E-state index in [0.717, 1.165) is 22.8 Å². The molecular weight excluding hydrogens is 288 g/mol. The summed E-state index contributed by atoms with van der Waals surface area (Å²) in [5.74, 6) is 0.0852. The number of carbonyl (C=O) groups is 1. The zero-order valence-corrected chi connectivity index (χ0v) is 13.8. The highest BCUT2D eigenvalue weighted by atomic mass is 16.2. The van der Waals surface area contributed by atoms with Crippen molar-refractivity contribution in [1.82, 2.24) is 14.9 Å². The Morgan fingerprint density at radius 1 is 1.00 bits per heavy atom. The lowest BCUT2D eigenvalue weighted by molar-refractivity contribution is -0.132. The van der Waals surface area contributed by atoms with Gasteiger partial charge in [-0.15, -0.1) is 0 Å². The SMILES string of the molecule is Cc1cccc(CN(Cc2cccc(C)n2)C(=O)CCCN)n1. The number of nitrogens with two attached hydrogens (primary N) is 1. The Morgan fingerprint density at radius 3 is 1.96 bits per heavy atom. The molecule has 0 fully saturated rings. The van der Waals surface area contributed by atoms with Crippen molar-refractivity contribution in [3.05, 3.63) is 59.2 Å². The van der Waals surface area contributed by atoms with Crippen LogP contribution < -0.4 is 5.73 Å². The summed E-state index contributed by atoms with van der Waals surface area (Å²) in [4.78, 5) is 23.3. The van der Waals surface area contributed by atoms with Gasteiger partial charge < -0.3 is 10.6 Å². The third kappa shape index (κ3) is 5.45. The van der Waals surface area contributed by atoms with Crippen LogP contribution in [-0.2, 0) is 17.9 Å². The van der Waals surface area contributed by atoms with E-state index in [0.29, 0.717) is 32.5 Å². The smallest absolute Gasteiger partial charge is 0.223 e. The van der Waals surface area contributed by atoms with Crippen LogP contribution in [0.25, 0.3) is 0 Å². The Labute approximate surface area is 137 Å². The van der Waals surface area contributed by atoms with Gasteiger partial charge in [-0.3, -0.25) is 14.8 Å². The van der Waals surface area contributed by atoms with Crippen molar-refractivity contribution in [2.24, 2.45) is 5.73 Å². The summed E-state index contributed by atoms with van der Waals surface area (Å²) in [6.07, 6.45) is 1.14. The van der Waals surface area contributed by atoms with Crippen molar-refractivity contribution >= 4 is 5.91 Å². The number of nitrogens with zero attached hydrogens (tertiary/aromatic N) is 3. The van der Waals surface area contributed by atoms with Crippen LogP contribution in [0.3, 0.4) is 0 Å². The van der Waals surface area contributed by atoms with Crippen LogP contribution in [0, 0.1) is 13.8 Å². The zero-order valence-electron chi connectivity index (χ0n) is 13.8. The molecule has 0 aliphatic rings. The molecule has 2 heterocycles. The lowest BCUT2D eigenvalue weighted by Crippen LogP contribution is -2.31. The summed E-state index contributed by atoms with van der Waals surface area (Å²) < 4.78 is 0. The molecule has 0 radical (unpaired) electrons.